The second kappa shape index (κ2) is 4.34. The molecule has 3 heterocycles. The van der Waals surface area contributed by atoms with E-state index < -0.39 is 11.2 Å². The summed E-state index contributed by atoms with van der Waals surface area (Å²) in [5, 5.41) is 0. The molecule has 102 valence electrons. The third-order valence-corrected chi connectivity index (χ3v) is 3.55. The predicted octanol–water partition coefficient (Wildman–Crippen LogP) is 0.325. The van der Waals surface area contributed by atoms with Crippen molar-refractivity contribution in [2.75, 3.05) is 6.61 Å². The van der Waals surface area contributed by atoms with Crippen LogP contribution in [0.2, 0.25) is 0 Å². The van der Waals surface area contributed by atoms with Crippen molar-refractivity contribution >= 4 is 11.2 Å². The van der Waals surface area contributed by atoms with E-state index in [0.29, 0.717) is 24.3 Å². The van der Waals surface area contributed by atoms with Gasteiger partial charge in [0.15, 0.2) is 5.65 Å². The molecule has 0 bridgehead atoms. The average Bonchev–Trinajstić information content (AvgIpc) is 2.96. The zero-order chi connectivity index (χ0) is 13.6. The maximum atomic E-state index is 11.8. The van der Waals surface area contributed by atoms with Crippen molar-refractivity contribution in [3.63, 3.8) is 0 Å². The summed E-state index contributed by atoms with van der Waals surface area (Å²) in [5.74, 6) is 0.875. The fourth-order valence-electron chi connectivity index (χ4n) is 2.55. The van der Waals surface area contributed by atoms with Crippen LogP contribution in [-0.4, -0.2) is 32.2 Å². The van der Waals surface area contributed by atoms with E-state index in [4.69, 9.17) is 4.74 Å². The lowest BCUT2D eigenvalue weighted by atomic mass is 10.1. The highest BCUT2D eigenvalue weighted by Gasteiger charge is 2.27. The minimum atomic E-state index is -0.422. The molecule has 2 atom stereocenters. The number of nitrogens with one attached hydrogen (secondary N) is 2. The number of hydrogen-bond donors (Lipinski definition) is 2. The number of hydrogen-bond acceptors (Lipinski definition) is 4. The largest absolute Gasteiger partial charge is 0.378 e. The first-order chi connectivity index (χ1) is 9.10. The van der Waals surface area contributed by atoms with Gasteiger partial charge in [-0.05, 0) is 20.3 Å². The number of H-pyrrole nitrogens is 2. The van der Waals surface area contributed by atoms with E-state index in [1.807, 2.05) is 13.8 Å². The second-order valence-corrected chi connectivity index (χ2v) is 4.90. The Bertz CT molecular complexity index is 727. The van der Waals surface area contributed by atoms with Crippen molar-refractivity contribution in [1.82, 2.24) is 19.5 Å². The second-order valence-electron chi connectivity index (χ2n) is 4.90. The number of fused-ring (bicyclic) bond motifs is 1. The van der Waals surface area contributed by atoms with E-state index >= 15 is 0 Å². The van der Waals surface area contributed by atoms with Gasteiger partial charge in [0.2, 0.25) is 0 Å². The maximum Gasteiger partial charge on any atom is 0.330 e. The topological polar surface area (TPSA) is 92.8 Å². The zero-order valence-corrected chi connectivity index (χ0v) is 10.9. The number of aromatic nitrogens is 4. The van der Waals surface area contributed by atoms with Crippen LogP contribution in [0.1, 0.15) is 32.0 Å². The van der Waals surface area contributed by atoms with E-state index in [1.165, 1.54) is 4.57 Å². The molecule has 2 aromatic rings. The third kappa shape index (κ3) is 1.90. The fraction of sp³-hybridized carbons (Fsp3) is 0.583. The first-order valence-electron chi connectivity index (χ1n) is 6.44. The standard InChI is InChI=1S/C12H16N4O3/c1-3-16-10-8(11(17)15-12(16)18)13-9(14-10)7-4-6(2)19-5-7/h6-7H,3-5H2,1-2H3,(H,13,14)(H,15,17,18). The van der Waals surface area contributed by atoms with Crippen LogP contribution in [0.4, 0.5) is 0 Å². The summed E-state index contributed by atoms with van der Waals surface area (Å²) in [7, 11) is 0. The highest BCUT2D eigenvalue weighted by Crippen LogP contribution is 2.27. The molecule has 1 aliphatic heterocycles. The highest BCUT2D eigenvalue weighted by molar-refractivity contribution is 5.69. The molecule has 0 aromatic carbocycles. The van der Waals surface area contributed by atoms with Crippen LogP contribution in [0.5, 0.6) is 0 Å². The van der Waals surface area contributed by atoms with Gasteiger partial charge in [-0.25, -0.2) is 9.78 Å². The molecule has 0 radical (unpaired) electrons. The Hall–Kier alpha value is -1.89. The monoisotopic (exact) mass is 264 g/mol. The predicted molar refractivity (Wildman–Crippen MR) is 69.4 cm³/mol. The Morgan fingerprint density at radius 2 is 2.21 bits per heavy atom. The van der Waals surface area contributed by atoms with Crippen molar-refractivity contribution < 1.29 is 4.74 Å². The SMILES string of the molecule is CCn1c(=O)[nH]c(=O)c2[nH]c(C3COC(C)C3)nc21. The van der Waals surface area contributed by atoms with Crippen LogP contribution < -0.4 is 11.2 Å². The van der Waals surface area contributed by atoms with E-state index in [9.17, 15) is 9.59 Å². The summed E-state index contributed by atoms with van der Waals surface area (Å²) in [6, 6.07) is 0. The number of rotatable bonds is 2. The molecule has 0 amide bonds. The van der Waals surface area contributed by atoms with Gasteiger partial charge >= 0.3 is 5.69 Å². The molecule has 2 aromatic heterocycles. The van der Waals surface area contributed by atoms with Crippen LogP contribution in [0.15, 0.2) is 9.59 Å². The number of ether oxygens (including phenoxy) is 1. The maximum absolute atomic E-state index is 11.8. The lowest BCUT2D eigenvalue weighted by Crippen LogP contribution is -2.29. The van der Waals surface area contributed by atoms with E-state index in [-0.39, 0.29) is 12.0 Å². The summed E-state index contributed by atoms with van der Waals surface area (Å²) in [6.45, 7) is 4.91. The number of aromatic amines is 2. The van der Waals surface area contributed by atoms with Gasteiger partial charge in [0.05, 0.1) is 12.7 Å². The molecule has 0 saturated carbocycles. The minimum Gasteiger partial charge on any atom is -0.378 e. The molecule has 1 fully saturated rings. The van der Waals surface area contributed by atoms with Gasteiger partial charge in [0.25, 0.3) is 5.56 Å². The average molecular weight is 264 g/mol. The third-order valence-electron chi connectivity index (χ3n) is 3.55. The molecule has 7 heteroatoms. The van der Waals surface area contributed by atoms with Crippen LogP contribution in [-0.2, 0) is 11.3 Å². The molecule has 1 saturated heterocycles. The number of nitrogens with zero attached hydrogens (tertiary/aromatic N) is 2. The summed E-state index contributed by atoms with van der Waals surface area (Å²) in [6.07, 6.45) is 1.07. The summed E-state index contributed by atoms with van der Waals surface area (Å²) in [4.78, 5) is 33.2. The molecular weight excluding hydrogens is 248 g/mol. The number of imidazole rings is 1. The van der Waals surface area contributed by atoms with Gasteiger partial charge in [-0.1, -0.05) is 0 Å². The molecule has 2 unspecified atom stereocenters. The van der Waals surface area contributed by atoms with Gasteiger partial charge in [0.1, 0.15) is 11.3 Å². The van der Waals surface area contributed by atoms with Gasteiger partial charge < -0.3 is 9.72 Å². The molecule has 1 aliphatic rings. The molecular formula is C12H16N4O3. The highest BCUT2D eigenvalue weighted by atomic mass is 16.5. The zero-order valence-electron chi connectivity index (χ0n) is 10.9. The molecule has 0 aliphatic carbocycles. The number of aryl methyl sites for hydroxylation is 1. The minimum absolute atomic E-state index is 0.155. The van der Waals surface area contributed by atoms with Gasteiger partial charge in [-0.3, -0.25) is 14.3 Å². The smallest absolute Gasteiger partial charge is 0.330 e. The van der Waals surface area contributed by atoms with Crippen molar-refractivity contribution in [3.05, 3.63) is 26.7 Å². The van der Waals surface area contributed by atoms with Crippen molar-refractivity contribution in [1.29, 1.82) is 0 Å². The molecule has 7 nitrogen and oxygen atoms in total. The van der Waals surface area contributed by atoms with Crippen LogP contribution in [0, 0.1) is 0 Å². The Kier molecular flexibility index (Phi) is 2.78. The molecule has 19 heavy (non-hydrogen) atoms. The summed E-state index contributed by atoms with van der Waals surface area (Å²) < 4.78 is 6.97. The Morgan fingerprint density at radius 3 is 2.84 bits per heavy atom. The summed E-state index contributed by atoms with van der Waals surface area (Å²) in [5.41, 5.74) is -0.0636. The van der Waals surface area contributed by atoms with E-state index in [1.54, 1.807) is 0 Å². The van der Waals surface area contributed by atoms with Crippen LogP contribution in [0.3, 0.4) is 0 Å². The lowest BCUT2D eigenvalue weighted by Gasteiger charge is -2.01. The van der Waals surface area contributed by atoms with Crippen molar-refractivity contribution in [2.24, 2.45) is 0 Å². The molecule has 2 N–H and O–H groups in total. The van der Waals surface area contributed by atoms with E-state index in [0.717, 1.165) is 12.2 Å². The lowest BCUT2D eigenvalue weighted by molar-refractivity contribution is 0.123. The van der Waals surface area contributed by atoms with Crippen LogP contribution in [0.25, 0.3) is 11.2 Å². The fourth-order valence-corrected chi connectivity index (χ4v) is 2.55. The van der Waals surface area contributed by atoms with Gasteiger partial charge in [-0.2, -0.15) is 0 Å². The van der Waals surface area contributed by atoms with Crippen molar-refractivity contribution in [2.45, 2.75) is 38.8 Å². The Morgan fingerprint density at radius 1 is 1.42 bits per heavy atom. The van der Waals surface area contributed by atoms with Crippen molar-refractivity contribution in [3.8, 4) is 0 Å². The van der Waals surface area contributed by atoms with E-state index in [2.05, 4.69) is 15.0 Å². The Balaban J connectivity index is 2.17. The molecule has 0 spiro atoms. The first kappa shape index (κ1) is 12.2. The normalized spacial score (nSPS) is 23.3. The van der Waals surface area contributed by atoms with Crippen LogP contribution >= 0.6 is 0 Å². The quantitative estimate of drug-likeness (QED) is 0.817. The summed E-state index contributed by atoms with van der Waals surface area (Å²) >= 11 is 0. The Labute approximate surface area is 108 Å². The van der Waals surface area contributed by atoms with Gasteiger partial charge in [0, 0.05) is 12.5 Å². The van der Waals surface area contributed by atoms with Gasteiger partial charge in [-0.15, -0.1) is 0 Å². The molecule has 3 rings (SSSR count). The first-order valence-corrected chi connectivity index (χ1v) is 6.44.